The van der Waals surface area contributed by atoms with Gasteiger partial charge in [0.25, 0.3) is 0 Å². The van der Waals surface area contributed by atoms with Crippen LogP contribution in [0.15, 0.2) is 130 Å². The molecule has 0 radical (unpaired) electrons. The zero-order chi connectivity index (χ0) is 30.0. The van der Waals surface area contributed by atoms with Crippen molar-refractivity contribution in [1.82, 2.24) is 0 Å². The molecule has 0 fully saturated rings. The molecule has 0 saturated heterocycles. The molecule has 1 aliphatic carbocycles. The van der Waals surface area contributed by atoms with E-state index >= 15 is 0 Å². The first-order valence-electron chi connectivity index (χ1n) is 15.3. The van der Waals surface area contributed by atoms with E-state index in [1.165, 1.54) is 72.0 Å². The average Bonchev–Trinajstić information content (AvgIpc) is 2.85. The third-order valence-corrected chi connectivity index (χ3v) is 7.41. The third kappa shape index (κ3) is 16.3. The monoisotopic (exact) mass is 538 g/mol. The fraction of sp³-hybridized carbons (Fsp3) is 0.450. The van der Waals surface area contributed by atoms with Gasteiger partial charge in [-0.15, -0.1) is 0 Å². The molecule has 0 heterocycles. The van der Waals surface area contributed by atoms with Crippen LogP contribution in [0, 0.1) is 11.3 Å². The van der Waals surface area contributed by atoms with Crippen LogP contribution in [0.25, 0.3) is 0 Å². The minimum Gasteiger partial charge on any atom is -0.0733 e. The second-order valence-electron chi connectivity index (χ2n) is 12.7. The Bertz CT molecular complexity index is 1120. The van der Waals surface area contributed by atoms with Gasteiger partial charge in [-0.3, -0.25) is 0 Å². The fourth-order valence-corrected chi connectivity index (χ4v) is 4.80. The Morgan fingerprint density at radius 1 is 0.700 bits per heavy atom. The highest BCUT2D eigenvalue weighted by molar-refractivity contribution is 5.37. The summed E-state index contributed by atoms with van der Waals surface area (Å²) in [5.41, 5.74) is 9.79. The van der Waals surface area contributed by atoms with Crippen molar-refractivity contribution in [2.75, 3.05) is 0 Å². The molecule has 1 aliphatic rings. The lowest BCUT2D eigenvalue weighted by Crippen LogP contribution is -2.19. The molecule has 0 atom stereocenters. The topological polar surface area (TPSA) is 0 Å². The summed E-state index contributed by atoms with van der Waals surface area (Å²) in [7, 11) is 0. The van der Waals surface area contributed by atoms with Crippen molar-refractivity contribution in [3.05, 3.63) is 130 Å². The molecule has 0 bridgehead atoms. The summed E-state index contributed by atoms with van der Waals surface area (Å²) < 4.78 is 0. The molecule has 218 valence electrons. The van der Waals surface area contributed by atoms with Crippen LogP contribution >= 0.6 is 0 Å². The van der Waals surface area contributed by atoms with Crippen LogP contribution in [0.2, 0.25) is 0 Å². The normalized spacial score (nSPS) is 18.8. The van der Waals surface area contributed by atoms with Gasteiger partial charge in [0.2, 0.25) is 0 Å². The minimum absolute atomic E-state index is 0.291. The predicted octanol–water partition coefficient (Wildman–Crippen LogP) is 12.9. The lowest BCUT2D eigenvalue weighted by atomic mass is 9.72. The summed E-state index contributed by atoms with van der Waals surface area (Å²) in [6.07, 6.45) is 40.2. The quantitative estimate of drug-likeness (QED) is 0.193. The molecule has 0 aromatic carbocycles. The minimum atomic E-state index is 0.291. The van der Waals surface area contributed by atoms with Crippen LogP contribution in [-0.2, 0) is 0 Å². The SMILES string of the molecule is CC1=C(/C=C/C(C)=C/C=C/C(C)=C/C=C/C=C(C)/C=C/C=C(C)/C=C/C=C(\C)CCCC(C)C)C(C)(C)CCC1. The van der Waals surface area contributed by atoms with Gasteiger partial charge in [0.05, 0.1) is 0 Å². The molecule has 0 amide bonds. The van der Waals surface area contributed by atoms with Crippen LogP contribution in [0.5, 0.6) is 0 Å². The largest absolute Gasteiger partial charge is 0.0733 e. The van der Waals surface area contributed by atoms with Gasteiger partial charge >= 0.3 is 0 Å². The van der Waals surface area contributed by atoms with Crippen LogP contribution < -0.4 is 0 Å². The smallest absolute Gasteiger partial charge is 0.0104 e. The number of hydrogen-bond donors (Lipinski definition) is 0. The van der Waals surface area contributed by atoms with Gasteiger partial charge in [-0.2, -0.15) is 0 Å². The van der Waals surface area contributed by atoms with Crippen LogP contribution in [0.3, 0.4) is 0 Å². The second-order valence-corrected chi connectivity index (χ2v) is 12.7. The maximum absolute atomic E-state index is 2.37. The number of allylic oxidation sites excluding steroid dienone is 22. The van der Waals surface area contributed by atoms with Crippen LogP contribution in [0.4, 0.5) is 0 Å². The molecular formula is C40H58. The summed E-state index contributed by atoms with van der Waals surface area (Å²) in [6.45, 7) is 22.4. The zero-order valence-electron chi connectivity index (χ0n) is 27.5. The van der Waals surface area contributed by atoms with Gasteiger partial charge in [-0.1, -0.05) is 159 Å². The molecule has 1 rings (SSSR count). The van der Waals surface area contributed by atoms with Crippen molar-refractivity contribution in [2.45, 2.75) is 108 Å². The van der Waals surface area contributed by atoms with Gasteiger partial charge in [-0.25, -0.2) is 0 Å². The van der Waals surface area contributed by atoms with Crippen molar-refractivity contribution in [2.24, 2.45) is 11.3 Å². The number of rotatable bonds is 14. The lowest BCUT2D eigenvalue weighted by molar-refractivity contribution is 0.377. The van der Waals surface area contributed by atoms with Crippen LogP contribution in [-0.4, -0.2) is 0 Å². The molecule has 0 nitrogen and oxygen atoms in total. The van der Waals surface area contributed by atoms with E-state index in [1.807, 2.05) is 0 Å². The highest BCUT2D eigenvalue weighted by Gasteiger charge is 2.26. The molecule has 0 heteroatoms. The van der Waals surface area contributed by atoms with Crippen molar-refractivity contribution < 1.29 is 0 Å². The fourth-order valence-electron chi connectivity index (χ4n) is 4.80. The Morgan fingerprint density at radius 3 is 1.68 bits per heavy atom. The first kappa shape index (κ1) is 35.2. The van der Waals surface area contributed by atoms with Gasteiger partial charge in [0, 0.05) is 0 Å². The van der Waals surface area contributed by atoms with E-state index in [9.17, 15) is 0 Å². The van der Waals surface area contributed by atoms with Crippen molar-refractivity contribution in [3.8, 4) is 0 Å². The number of hydrogen-bond acceptors (Lipinski definition) is 0. The maximum Gasteiger partial charge on any atom is -0.0104 e. The van der Waals surface area contributed by atoms with Crippen molar-refractivity contribution >= 4 is 0 Å². The van der Waals surface area contributed by atoms with E-state index in [0.29, 0.717) is 5.41 Å². The van der Waals surface area contributed by atoms with Crippen molar-refractivity contribution in [3.63, 3.8) is 0 Å². The maximum atomic E-state index is 2.37. The Morgan fingerprint density at radius 2 is 1.18 bits per heavy atom. The first-order chi connectivity index (χ1) is 18.9. The van der Waals surface area contributed by atoms with E-state index in [4.69, 9.17) is 0 Å². The standard InChI is InChI=1S/C40H58/c1-32(2)18-13-21-35(5)24-15-26-36(6)25-14-22-33(3)19-11-12-20-34(4)23-16-27-37(7)29-30-39-38(8)28-17-31-40(39,9)10/h11-12,14-16,19-20,22-27,29-30,32H,13,17-18,21,28,31H2,1-10H3/b12-11+,22-14+,23-16+,26-15+,30-29+,33-19+,34-20+,35-24+,36-25+,37-27+. The molecular weight excluding hydrogens is 480 g/mol. The zero-order valence-corrected chi connectivity index (χ0v) is 27.5. The molecule has 0 unspecified atom stereocenters. The Hall–Kier alpha value is -2.86. The van der Waals surface area contributed by atoms with E-state index < -0.39 is 0 Å². The highest BCUT2D eigenvalue weighted by Crippen LogP contribution is 2.40. The summed E-state index contributed by atoms with van der Waals surface area (Å²) in [5.74, 6) is 0.794. The summed E-state index contributed by atoms with van der Waals surface area (Å²) in [6, 6.07) is 0. The van der Waals surface area contributed by atoms with Gasteiger partial charge in [-0.05, 0) is 90.6 Å². The van der Waals surface area contributed by atoms with Gasteiger partial charge in [0.15, 0.2) is 0 Å². The van der Waals surface area contributed by atoms with E-state index in [1.54, 1.807) is 5.57 Å². The molecule has 0 N–H and O–H groups in total. The summed E-state index contributed by atoms with van der Waals surface area (Å²) >= 11 is 0. The lowest BCUT2D eigenvalue weighted by Gasteiger charge is -2.32. The average molecular weight is 539 g/mol. The predicted molar refractivity (Wildman–Crippen MR) is 184 cm³/mol. The summed E-state index contributed by atoms with van der Waals surface area (Å²) in [4.78, 5) is 0. The Balaban J connectivity index is 2.56. The van der Waals surface area contributed by atoms with Crippen molar-refractivity contribution in [1.29, 1.82) is 0 Å². The molecule has 0 aromatic rings. The third-order valence-electron chi connectivity index (χ3n) is 7.41. The molecule has 40 heavy (non-hydrogen) atoms. The highest BCUT2D eigenvalue weighted by atomic mass is 14.3. The van der Waals surface area contributed by atoms with Crippen LogP contribution in [0.1, 0.15) is 108 Å². The molecule has 0 aromatic heterocycles. The first-order valence-corrected chi connectivity index (χ1v) is 15.3. The molecule has 0 aliphatic heterocycles. The molecule has 0 saturated carbocycles. The van der Waals surface area contributed by atoms with Gasteiger partial charge < -0.3 is 0 Å². The van der Waals surface area contributed by atoms with E-state index in [0.717, 1.165) is 5.92 Å². The van der Waals surface area contributed by atoms with Gasteiger partial charge in [0.1, 0.15) is 0 Å². The second kappa shape index (κ2) is 19.3. The summed E-state index contributed by atoms with van der Waals surface area (Å²) in [5, 5.41) is 0. The molecule has 0 spiro atoms. The Kier molecular flexibility index (Phi) is 16.9. The van der Waals surface area contributed by atoms with E-state index in [-0.39, 0.29) is 0 Å². The Labute approximate surface area is 248 Å². The van der Waals surface area contributed by atoms with E-state index in [2.05, 4.69) is 160 Å².